The van der Waals surface area contributed by atoms with E-state index in [1.807, 2.05) is 12.1 Å². The average Bonchev–Trinajstić information content (AvgIpc) is 3.35. The molecule has 0 bridgehead atoms. The van der Waals surface area contributed by atoms with Gasteiger partial charge in [-0.1, -0.05) is 33.6 Å². The Balaban J connectivity index is 1.46. The van der Waals surface area contributed by atoms with E-state index < -0.39 is 11.9 Å². The lowest BCUT2D eigenvalue weighted by Crippen LogP contribution is -2.16. The van der Waals surface area contributed by atoms with Crippen LogP contribution in [0.3, 0.4) is 0 Å². The molecule has 156 valence electrons. The zero-order valence-electron chi connectivity index (χ0n) is 15.4. The van der Waals surface area contributed by atoms with Crippen molar-refractivity contribution in [1.82, 2.24) is 5.43 Å². The molecule has 0 fully saturated rings. The first-order valence-electron chi connectivity index (χ1n) is 8.67. The highest BCUT2D eigenvalue weighted by Gasteiger charge is 2.15. The normalized spacial score (nSPS) is 11.3. The van der Waals surface area contributed by atoms with Crippen LogP contribution in [0.4, 0.5) is 0 Å². The lowest BCUT2D eigenvalue weighted by molar-refractivity contribution is 0.0696. The number of benzene rings is 2. The fourth-order valence-electron chi connectivity index (χ4n) is 2.82. The van der Waals surface area contributed by atoms with Crippen molar-refractivity contribution in [3.8, 4) is 11.3 Å². The van der Waals surface area contributed by atoms with Crippen LogP contribution >= 0.6 is 43.5 Å². The molecule has 0 aliphatic heterocycles. The summed E-state index contributed by atoms with van der Waals surface area (Å²) in [6.07, 6.45) is 1.34. The van der Waals surface area contributed by atoms with Crippen molar-refractivity contribution in [3.63, 3.8) is 0 Å². The quantitative estimate of drug-likeness (QED) is 0.217. The van der Waals surface area contributed by atoms with Crippen LogP contribution in [0.25, 0.3) is 22.3 Å². The van der Waals surface area contributed by atoms with Crippen molar-refractivity contribution in [2.75, 3.05) is 0 Å². The molecule has 4 rings (SSSR count). The van der Waals surface area contributed by atoms with Crippen LogP contribution in [0.1, 0.15) is 26.7 Å². The van der Waals surface area contributed by atoms with E-state index in [0.29, 0.717) is 22.7 Å². The molecular weight excluding hydrogens is 556 g/mol. The van der Waals surface area contributed by atoms with Crippen LogP contribution in [0.5, 0.6) is 0 Å². The minimum atomic E-state index is -1.11. The molecule has 0 atom stereocenters. The number of hydrogen-bond acceptors (Lipinski definition) is 5. The van der Waals surface area contributed by atoms with E-state index in [-0.39, 0.29) is 16.3 Å². The van der Waals surface area contributed by atoms with Gasteiger partial charge in [-0.05, 0) is 58.4 Å². The van der Waals surface area contributed by atoms with Crippen LogP contribution in [-0.4, -0.2) is 23.2 Å². The first-order valence-corrected chi connectivity index (χ1v) is 10.6. The minimum Gasteiger partial charge on any atom is -0.478 e. The summed E-state index contributed by atoms with van der Waals surface area (Å²) < 4.78 is 12.8. The van der Waals surface area contributed by atoms with Gasteiger partial charge in [0.1, 0.15) is 17.1 Å². The van der Waals surface area contributed by atoms with Gasteiger partial charge in [-0.3, -0.25) is 4.79 Å². The van der Waals surface area contributed by atoms with Crippen molar-refractivity contribution in [2.24, 2.45) is 5.10 Å². The number of aromatic carboxylic acids is 1. The molecule has 7 nitrogen and oxygen atoms in total. The van der Waals surface area contributed by atoms with Crippen LogP contribution in [0.15, 0.2) is 71.4 Å². The Bertz CT molecular complexity index is 1360. The van der Waals surface area contributed by atoms with Gasteiger partial charge in [-0.15, -0.1) is 0 Å². The van der Waals surface area contributed by atoms with Gasteiger partial charge in [-0.25, -0.2) is 10.2 Å². The van der Waals surface area contributed by atoms with E-state index in [0.717, 1.165) is 14.3 Å². The number of hydrogen-bond donors (Lipinski definition) is 2. The maximum atomic E-state index is 12.3. The first kappa shape index (κ1) is 21.4. The van der Waals surface area contributed by atoms with Gasteiger partial charge in [0.05, 0.1) is 21.3 Å². The molecule has 2 aromatic heterocycles. The molecular formula is C21H11Br2ClN2O5. The molecule has 2 N–H and O–H groups in total. The van der Waals surface area contributed by atoms with Gasteiger partial charge in [0.25, 0.3) is 0 Å². The van der Waals surface area contributed by atoms with Crippen molar-refractivity contribution < 1.29 is 23.5 Å². The molecule has 1 amide bonds. The molecule has 0 saturated heterocycles. The summed E-state index contributed by atoms with van der Waals surface area (Å²) in [7, 11) is 0. The summed E-state index contributed by atoms with van der Waals surface area (Å²) in [6, 6.07) is 13.1. The third-order valence-electron chi connectivity index (χ3n) is 4.23. The first-order chi connectivity index (χ1) is 14.8. The third kappa shape index (κ3) is 4.58. The van der Waals surface area contributed by atoms with Gasteiger partial charge in [0.2, 0.25) is 0 Å². The lowest BCUT2D eigenvalue weighted by Gasteiger charge is -2.01. The van der Waals surface area contributed by atoms with Crippen molar-refractivity contribution in [1.29, 1.82) is 0 Å². The topological polar surface area (TPSA) is 105 Å². The Morgan fingerprint density at radius 2 is 1.87 bits per heavy atom. The second kappa shape index (κ2) is 8.70. The highest BCUT2D eigenvalue weighted by atomic mass is 79.9. The summed E-state index contributed by atoms with van der Waals surface area (Å²) in [5.74, 6) is -0.661. The SMILES string of the molecule is O=C(N/N=C\c1ccc(-c2ccc(C(=O)O)c(Cl)c2)o1)c1cc2cc(Br)cc(Br)c2o1. The highest BCUT2D eigenvalue weighted by molar-refractivity contribution is 9.11. The van der Waals surface area contributed by atoms with E-state index in [2.05, 4.69) is 42.4 Å². The number of carbonyl (C=O) groups is 2. The number of nitrogens with zero attached hydrogens (tertiary/aromatic N) is 1. The van der Waals surface area contributed by atoms with Crippen LogP contribution in [0, 0.1) is 0 Å². The number of furan rings is 2. The number of carboxylic acids is 1. The fourth-order valence-corrected chi connectivity index (χ4v) is 4.42. The fraction of sp³-hybridized carbons (Fsp3) is 0. The van der Waals surface area contributed by atoms with Crippen LogP contribution in [0.2, 0.25) is 5.02 Å². The number of carbonyl (C=O) groups excluding carboxylic acids is 1. The van der Waals surface area contributed by atoms with E-state index >= 15 is 0 Å². The molecule has 31 heavy (non-hydrogen) atoms. The van der Waals surface area contributed by atoms with Crippen molar-refractivity contribution in [2.45, 2.75) is 0 Å². The zero-order valence-corrected chi connectivity index (χ0v) is 19.3. The third-order valence-corrected chi connectivity index (χ3v) is 5.59. The minimum absolute atomic E-state index is 0.00597. The largest absolute Gasteiger partial charge is 0.478 e. The molecule has 0 spiro atoms. The highest BCUT2D eigenvalue weighted by Crippen LogP contribution is 2.31. The maximum absolute atomic E-state index is 12.3. The molecule has 10 heteroatoms. The smallest absolute Gasteiger partial charge is 0.337 e. The number of amides is 1. The maximum Gasteiger partial charge on any atom is 0.337 e. The summed E-state index contributed by atoms with van der Waals surface area (Å²) in [4.78, 5) is 23.4. The van der Waals surface area contributed by atoms with E-state index in [1.54, 1.807) is 24.3 Å². The molecule has 0 radical (unpaired) electrons. The number of fused-ring (bicyclic) bond motifs is 1. The molecule has 0 aliphatic rings. The van der Waals surface area contributed by atoms with E-state index in [4.69, 9.17) is 25.5 Å². The van der Waals surface area contributed by atoms with Gasteiger partial charge in [-0.2, -0.15) is 5.10 Å². The Morgan fingerprint density at radius 1 is 1.06 bits per heavy atom. The second-order valence-corrected chi connectivity index (χ2v) is 8.49. The summed E-state index contributed by atoms with van der Waals surface area (Å²) in [6.45, 7) is 0. The zero-order chi connectivity index (χ0) is 22.1. The predicted molar refractivity (Wildman–Crippen MR) is 123 cm³/mol. The average molecular weight is 567 g/mol. The van der Waals surface area contributed by atoms with Crippen molar-refractivity contribution >= 4 is 72.5 Å². The summed E-state index contributed by atoms with van der Waals surface area (Å²) in [5, 5.41) is 13.8. The molecule has 0 unspecified atom stereocenters. The summed E-state index contributed by atoms with van der Waals surface area (Å²) in [5.41, 5.74) is 3.55. The number of carboxylic acid groups (broad SMARTS) is 1. The Kier molecular flexibility index (Phi) is 5.99. The Hall–Kier alpha value is -2.88. The summed E-state index contributed by atoms with van der Waals surface area (Å²) >= 11 is 12.8. The van der Waals surface area contributed by atoms with Gasteiger partial charge >= 0.3 is 11.9 Å². The van der Waals surface area contributed by atoms with E-state index in [9.17, 15) is 9.59 Å². The number of halogens is 3. The Labute approximate surface area is 196 Å². The number of rotatable bonds is 5. The standard InChI is InChI=1S/C21H11Br2ClN2O5/c22-12-5-11-7-18(31-19(11)15(23)8-12)20(27)26-25-9-13-2-4-17(30-13)10-1-3-14(21(28)29)16(24)6-10/h1-9H,(H,26,27)(H,28,29)/b25-9-. The molecule has 2 aromatic carbocycles. The van der Waals surface area contributed by atoms with Crippen LogP contribution in [-0.2, 0) is 0 Å². The van der Waals surface area contributed by atoms with Crippen LogP contribution < -0.4 is 5.43 Å². The monoisotopic (exact) mass is 564 g/mol. The van der Waals surface area contributed by atoms with Crippen molar-refractivity contribution in [3.05, 3.63) is 79.6 Å². The predicted octanol–water partition coefficient (Wildman–Crippen LogP) is 6.33. The van der Waals surface area contributed by atoms with Gasteiger partial charge in [0, 0.05) is 15.4 Å². The van der Waals surface area contributed by atoms with E-state index in [1.165, 1.54) is 18.3 Å². The molecule has 2 heterocycles. The second-order valence-electron chi connectivity index (χ2n) is 6.32. The molecule has 0 aliphatic carbocycles. The number of hydrazone groups is 1. The molecule has 4 aromatic rings. The Morgan fingerprint density at radius 3 is 2.61 bits per heavy atom. The van der Waals surface area contributed by atoms with Gasteiger partial charge < -0.3 is 13.9 Å². The number of nitrogens with one attached hydrogen (secondary N) is 1. The lowest BCUT2D eigenvalue weighted by atomic mass is 10.1. The molecule has 0 saturated carbocycles. The van der Waals surface area contributed by atoms with Gasteiger partial charge in [0.15, 0.2) is 5.76 Å².